The van der Waals surface area contributed by atoms with Crippen LogP contribution in [0.5, 0.6) is 5.75 Å². The van der Waals surface area contributed by atoms with Crippen molar-refractivity contribution in [3.05, 3.63) is 28.8 Å². The van der Waals surface area contributed by atoms with Crippen LogP contribution in [0.25, 0.3) is 0 Å². The molecule has 0 spiro atoms. The summed E-state index contributed by atoms with van der Waals surface area (Å²) in [5.74, 6) is 0.794. The number of hydrogen-bond donors (Lipinski definition) is 0. The Hall–Kier alpha value is -1.09. The number of carbonyl (C=O) groups excluding carboxylic acids is 1. The van der Waals surface area contributed by atoms with Crippen molar-refractivity contribution in [1.82, 2.24) is 0 Å². The summed E-state index contributed by atoms with van der Waals surface area (Å²) in [5.41, 5.74) is 2.97. The maximum absolute atomic E-state index is 11.5. The number of aldehydes is 1. The summed E-state index contributed by atoms with van der Waals surface area (Å²) in [6, 6.07) is 4.19. The van der Waals surface area contributed by atoms with Crippen molar-refractivity contribution in [3.8, 4) is 5.75 Å². The SMILES string of the molecule is C[SiH](C)Oc1c(C=O)cc(C(C)(C)C)cc1C(C)(C)C. The van der Waals surface area contributed by atoms with Gasteiger partial charge in [-0.05, 0) is 41.1 Å². The summed E-state index contributed by atoms with van der Waals surface area (Å²) in [4.78, 5) is 11.5. The number of hydrogen-bond acceptors (Lipinski definition) is 2. The van der Waals surface area contributed by atoms with Gasteiger partial charge in [-0.25, -0.2) is 0 Å². The van der Waals surface area contributed by atoms with Gasteiger partial charge in [-0.2, -0.15) is 0 Å². The minimum Gasteiger partial charge on any atom is -0.546 e. The molecule has 2 nitrogen and oxygen atoms in total. The van der Waals surface area contributed by atoms with Crippen molar-refractivity contribution in [2.75, 3.05) is 0 Å². The largest absolute Gasteiger partial charge is 0.546 e. The van der Waals surface area contributed by atoms with Gasteiger partial charge in [0.25, 0.3) is 0 Å². The van der Waals surface area contributed by atoms with E-state index in [4.69, 9.17) is 4.43 Å². The Bertz CT molecular complexity index is 491. The third kappa shape index (κ3) is 3.95. The fourth-order valence-electron chi connectivity index (χ4n) is 2.10. The van der Waals surface area contributed by atoms with Crippen molar-refractivity contribution in [2.24, 2.45) is 0 Å². The highest BCUT2D eigenvalue weighted by atomic mass is 28.3. The highest BCUT2D eigenvalue weighted by Crippen LogP contribution is 2.38. The van der Waals surface area contributed by atoms with Crippen LogP contribution >= 0.6 is 0 Å². The van der Waals surface area contributed by atoms with Crippen LogP contribution in [0, 0.1) is 0 Å². The zero-order valence-corrected chi connectivity index (χ0v) is 15.3. The van der Waals surface area contributed by atoms with Gasteiger partial charge in [0.15, 0.2) is 6.29 Å². The van der Waals surface area contributed by atoms with Gasteiger partial charge in [0.05, 0.1) is 5.56 Å². The van der Waals surface area contributed by atoms with Crippen LogP contribution in [0.15, 0.2) is 12.1 Å². The molecule has 0 saturated carbocycles. The Kier molecular flexibility index (Phi) is 4.85. The molecule has 0 atom stereocenters. The lowest BCUT2D eigenvalue weighted by Crippen LogP contribution is -2.22. The molecule has 0 radical (unpaired) electrons. The molecular weight excluding hydrogens is 264 g/mol. The van der Waals surface area contributed by atoms with E-state index in [1.807, 2.05) is 6.07 Å². The Balaban J connectivity index is 3.61. The first-order valence-electron chi connectivity index (χ1n) is 7.27. The third-order valence-electron chi connectivity index (χ3n) is 3.27. The molecule has 0 heterocycles. The topological polar surface area (TPSA) is 26.3 Å². The second-order valence-corrected chi connectivity index (χ2v) is 10.1. The molecule has 0 amide bonds. The van der Waals surface area contributed by atoms with Gasteiger partial charge in [-0.15, -0.1) is 0 Å². The molecule has 0 N–H and O–H groups in total. The van der Waals surface area contributed by atoms with Crippen LogP contribution in [-0.4, -0.2) is 15.3 Å². The van der Waals surface area contributed by atoms with Gasteiger partial charge in [-0.1, -0.05) is 47.6 Å². The normalized spacial score (nSPS) is 12.7. The number of carbonyl (C=O) groups is 1. The molecule has 1 rings (SSSR count). The zero-order chi connectivity index (χ0) is 15.7. The fraction of sp³-hybridized carbons (Fsp3) is 0.588. The Morgan fingerprint density at radius 1 is 1.00 bits per heavy atom. The quantitative estimate of drug-likeness (QED) is 0.607. The first kappa shape index (κ1) is 17.0. The molecule has 20 heavy (non-hydrogen) atoms. The molecule has 0 aliphatic rings. The molecule has 0 unspecified atom stereocenters. The summed E-state index contributed by atoms with van der Waals surface area (Å²) in [7, 11) is -1.26. The summed E-state index contributed by atoms with van der Waals surface area (Å²) >= 11 is 0. The standard InChI is InChI=1S/C17H28O2Si/c1-16(2,3)13-9-12(11-18)15(19-20(7)8)14(10-13)17(4,5)6/h9-11,20H,1-8H3. The molecule has 0 saturated heterocycles. The second-order valence-electron chi connectivity index (χ2n) is 7.73. The van der Waals surface area contributed by atoms with Gasteiger partial charge in [0, 0.05) is 0 Å². The van der Waals surface area contributed by atoms with Crippen LogP contribution in [0.4, 0.5) is 0 Å². The van der Waals surface area contributed by atoms with Crippen LogP contribution in [0.1, 0.15) is 63.0 Å². The van der Waals surface area contributed by atoms with E-state index in [2.05, 4.69) is 60.7 Å². The van der Waals surface area contributed by atoms with Crippen molar-refractivity contribution >= 4 is 15.3 Å². The average molecular weight is 292 g/mol. The molecule has 1 aromatic carbocycles. The predicted octanol–water partition coefficient (Wildman–Crippen LogP) is 4.46. The maximum Gasteiger partial charge on any atom is 0.229 e. The van der Waals surface area contributed by atoms with E-state index in [-0.39, 0.29) is 10.8 Å². The summed E-state index contributed by atoms with van der Waals surface area (Å²) in [6.07, 6.45) is 0.927. The predicted molar refractivity (Wildman–Crippen MR) is 88.7 cm³/mol. The zero-order valence-electron chi connectivity index (χ0n) is 14.1. The minimum atomic E-state index is -1.26. The average Bonchev–Trinajstić information content (AvgIpc) is 2.25. The van der Waals surface area contributed by atoms with Gasteiger partial charge in [0.1, 0.15) is 5.75 Å². The first-order valence-corrected chi connectivity index (χ1v) is 10.1. The van der Waals surface area contributed by atoms with Gasteiger partial charge in [0.2, 0.25) is 9.04 Å². The van der Waals surface area contributed by atoms with E-state index in [1.165, 1.54) is 5.56 Å². The summed E-state index contributed by atoms with van der Waals surface area (Å²) in [5, 5.41) is 0. The first-order chi connectivity index (χ1) is 8.96. The van der Waals surface area contributed by atoms with Crippen LogP contribution in [0.3, 0.4) is 0 Å². The van der Waals surface area contributed by atoms with E-state index in [0.717, 1.165) is 17.6 Å². The molecule has 0 aliphatic carbocycles. The van der Waals surface area contributed by atoms with Crippen molar-refractivity contribution in [2.45, 2.75) is 65.5 Å². The summed E-state index contributed by atoms with van der Waals surface area (Å²) < 4.78 is 6.07. The van der Waals surface area contributed by atoms with E-state index in [9.17, 15) is 4.79 Å². The van der Waals surface area contributed by atoms with E-state index >= 15 is 0 Å². The maximum atomic E-state index is 11.5. The van der Waals surface area contributed by atoms with Gasteiger partial charge in [-0.3, -0.25) is 4.79 Å². The molecule has 0 fully saturated rings. The van der Waals surface area contributed by atoms with Crippen molar-refractivity contribution in [1.29, 1.82) is 0 Å². The van der Waals surface area contributed by atoms with Crippen LogP contribution in [-0.2, 0) is 10.8 Å². The number of rotatable bonds is 3. The summed E-state index contributed by atoms with van der Waals surface area (Å²) in [6.45, 7) is 17.2. The number of benzene rings is 1. The Morgan fingerprint density at radius 3 is 1.90 bits per heavy atom. The highest BCUT2D eigenvalue weighted by Gasteiger charge is 2.26. The van der Waals surface area contributed by atoms with Crippen LogP contribution in [0.2, 0.25) is 13.1 Å². The molecule has 0 aromatic heterocycles. The molecule has 112 valence electrons. The third-order valence-corrected chi connectivity index (χ3v) is 3.98. The van der Waals surface area contributed by atoms with E-state index in [0.29, 0.717) is 5.56 Å². The lowest BCUT2D eigenvalue weighted by Gasteiger charge is -2.29. The molecule has 0 bridgehead atoms. The smallest absolute Gasteiger partial charge is 0.229 e. The van der Waals surface area contributed by atoms with Gasteiger partial charge < -0.3 is 4.43 Å². The van der Waals surface area contributed by atoms with Crippen LogP contribution < -0.4 is 4.43 Å². The Morgan fingerprint density at radius 2 is 1.55 bits per heavy atom. The lowest BCUT2D eigenvalue weighted by molar-refractivity contribution is 0.112. The molecule has 1 aromatic rings. The fourth-order valence-corrected chi connectivity index (χ4v) is 2.83. The lowest BCUT2D eigenvalue weighted by atomic mass is 9.79. The Labute approximate surface area is 125 Å². The highest BCUT2D eigenvalue weighted by molar-refractivity contribution is 6.49. The second kappa shape index (κ2) is 5.72. The van der Waals surface area contributed by atoms with Crippen molar-refractivity contribution in [3.63, 3.8) is 0 Å². The minimum absolute atomic E-state index is 0.0194. The monoisotopic (exact) mass is 292 g/mol. The molecular formula is C17H28O2Si. The molecule has 0 aliphatic heterocycles. The van der Waals surface area contributed by atoms with E-state index in [1.54, 1.807) is 0 Å². The molecule has 3 heteroatoms. The van der Waals surface area contributed by atoms with Gasteiger partial charge >= 0.3 is 0 Å². The van der Waals surface area contributed by atoms with E-state index < -0.39 is 9.04 Å². The van der Waals surface area contributed by atoms with Crippen molar-refractivity contribution < 1.29 is 9.22 Å².